The Morgan fingerprint density at radius 1 is 1.54 bits per heavy atom. The third kappa shape index (κ3) is 2.36. The highest BCUT2D eigenvalue weighted by atomic mass is 79.9. The average Bonchev–Trinajstić information content (AvgIpc) is 2.12. The first-order chi connectivity index (χ1) is 6.06. The number of nitrogen functional groups attached to an aromatic ring is 1. The van der Waals surface area contributed by atoms with E-state index in [1.807, 2.05) is 19.2 Å². The van der Waals surface area contributed by atoms with Crippen molar-refractivity contribution < 1.29 is 0 Å². The molecule has 0 saturated carbocycles. The minimum absolute atomic E-state index is 0.273. The summed E-state index contributed by atoms with van der Waals surface area (Å²) in [6.07, 6.45) is 0. The summed E-state index contributed by atoms with van der Waals surface area (Å²) in [5.74, 6) is 0. The van der Waals surface area contributed by atoms with Crippen LogP contribution in [0.15, 0.2) is 16.6 Å². The topological polar surface area (TPSA) is 38.0 Å². The lowest BCUT2D eigenvalue weighted by atomic mass is 10.1. The van der Waals surface area contributed by atoms with Crippen molar-refractivity contribution in [3.63, 3.8) is 0 Å². The van der Waals surface area contributed by atoms with E-state index in [0.29, 0.717) is 10.7 Å². The number of anilines is 1. The van der Waals surface area contributed by atoms with Gasteiger partial charge in [0.1, 0.15) is 0 Å². The molecule has 1 aromatic rings. The molecule has 72 valence electrons. The van der Waals surface area contributed by atoms with E-state index in [4.69, 9.17) is 17.3 Å². The molecule has 1 unspecified atom stereocenters. The predicted octanol–water partition coefficient (Wildman–Crippen LogP) is 2.97. The lowest BCUT2D eigenvalue weighted by Crippen LogP contribution is -2.12. The lowest BCUT2D eigenvalue weighted by molar-refractivity contribution is 0.652. The van der Waals surface area contributed by atoms with E-state index in [2.05, 4.69) is 28.2 Å². The predicted molar refractivity (Wildman–Crippen MR) is 61.0 cm³/mol. The third-order valence-corrected chi connectivity index (χ3v) is 3.00. The van der Waals surface area contributed by atoms with E-state index >= 15 is 0 Å². The second-order valence-electron chi connectivity index (χ2n) is 2.91. The van der Waals surface area contributed by atoms with Crippen LogP contribution in [0.1, 0.15) is 18.5 Å². The first kappa shape index (κ1) is 10.8. The normalized spacial score (nSPS) is 12.9. The van der Waals surface area contributed by atoms with Crippen LogP contribution in [0.3, 0.4) is 0 Å². The van der Waals surface area contributed by atoms with Gasteiger partial charge in [0.25, 0.3) is 0 Å². The molecule has 0 aliphatic carbocycles. The van der Waals surface area contributed by atoms with Crippen LogP contribution in [-0.4, -0.2) is 7.05 Å². The van der Waals surface area contributed by atoms with E-state index in [1.54, 1.807) is 0 Å². The SMILES string of the molecule is CNC(C)c1cc(Cl)c(N)c(Br)c1. The number of nitrogens with one attached hydrogen (secondary N) is 1. The monoisotopic (exact) mass is 262 g/mol. The molecular weight excluding hydrogens is 251 g/mol. The summed E-state index contributed by atoms with van der Waals surface area (Å²) < 4.78 is 0.845. The van der Waals surface area contributed by atoms with Crippen molar-refractivity contribution in [3.8, 4) is 0 Å². The van der Waals surface area contributed by atoms with E-state index in [1.165, 1.54) is 0 Å². The number of hydrogen-bond donors (Lipinski definition) is 2. The minimum atomic E-state index is 0.273. The van der Waals surface area contributed by atoms with Crippen molar-refractivity contribution in [3.05, 3.63) is 27.2 Å². The van der Waals surface area contributed by atoms with Crippen molar-refractivity contribution in [1.29, 1.82) is 0 Å². The van der Waals surface area contributed by atoms with Gasteiger partial charge in [0.15, 0.2) is 0 Å². The highest BCUT2D eigenvalue weighted by Crippen LogP contribution is 2.31. The highest BCUT2D eigenvalue weighted by molar-refractivity contribution is 9.10. The van der Waals surface area contributed by atoms with Crippen molar-refractivity contribution in [1.82, 2.24) is 5.32 Å². The van der Waals surface area contributed by atoms with Gasteiger partial charge in [-0.25, -0.2) is 0 Å². The van der Waals surface area contributed by atoms with Crippen LogP contribution in [0.25, 0.3) is 0 Å². The largest absolute Gasteiger partial charge is 0.397 e. The molecule has 0 aliphatic heterocycles. The van der Waals surface area contributed by atoms with Crippen LogP contribution in [0.2, 0.25) is 5.02 Å². The first-order valence-electron chi connectivity index (χ1n) is 3.98. The lowest BCUT2D eigenvalue weighted by Gasteiger charge is -2.12. The van der Waals surface area contributed by atoms with Gasteiger partial charge in [0, 0.05) is 10.5 Å². The zero-order chi connectivity index (χ0) is 10.0. The van der Waals surface area contributed by atoms with Crippen LogP contribution in [0, 0.1) is 0 Å². The first-order valence-corrected chi connectivity index (χ1v) is 5.15. The molecule has 1 rings (SSSR count). The molecule has 1 aromatic carbocycles. The smallest absolute Gasteiger partial charge is 0.0650 e. The van der Waals surface area contributed by atoms with E-state index < -0.39 is 0 Å². The van der Waals surface area contributed by atoms with E-state index in [-0.39, 0.29) is 6.04 Å². The van der Waals surface area contributed by atoms with Gasteiger partial charge in [-0.15, -0.1) is 0 Å². The van der Waals surface area contributed by atoms with Crippen LogP contribution in [-0.2, 0) is 0 Å². The summed E-state index contributed by atoms with van der Waals surface area (Å²) in [5, 5.41) is 3.72. The fourth-order valence-electron chi connectivity index (χ4n) is 1.02. The Bertz CT molecular complexity index is 291. The van der Waals surface area contributed by atoms with Crippen LogP contribution < -0.4 is 11.1 Å². The minimum Gasteiger partial charge on any atom is -0.397 e. The Kier molecular flexibility index (Phi) is 3.59. The summed E-state index contributed by atoms with van der Waals surface area (Å²) in [6.45, 7) is 2.06. The van der Waals surface area contributed by atoms with Crippen LogP contribution in [0.5, 0.6) is 0 Å². The van der Waals surface area contributed by atoms with Crippen LogP contribution >= 0.6 is 27.5 Å². The number of halogens is 2. The molecule has 0 amide bonds. The number of hydrogen-bond acceptors (Lipinski definition) is 2. The van der Waals surface area contributed by atoms with Crippen LogP contribution in [0.4, 0.5) is 5.69 Å². The van der Waals surface area contributed by atoms with Crippen molar-refractivity contribution in [2.75, 3.05) is 12.8 Å². The maximum atomic E-state index is 5.94. The van der Waals surface area contributed by atoms with Crippen molar-refractivity contribution in [2.24, 2.45) is 0 Å². The van der Waals surface area contributed by atoms with Gasteiger partial charge < -0.3 is 11.1 Å². The maximum absolute atomic E-state index is 5.94. The summed E-state index contributed by atoms with van der Waals surface area (Å²) >= 11 is 9.29. The summed E-state index contributed by atoms with van der Waals surface area (Å²) in [7, 11) is 1.91. The van der Waals surface area contributed by atoms with E-state index in [9.17, 15) is 0 Å². The molecular formula is C9H12BrClN2. The van der Waals surface area contributed by atoms with Gasteiger partial charge >= 0.3 is 0 Å². The number of nitrogens with two attached hydrogens (primary N) is 1. The zero-order valence-corrected chi connectivity index (χ0v) is 9.91. The Hall–Kier alpha value is -0.250. The van der Waals surface area contributed by atoms with Gasteiger partial charge in [-0.3, -0.25) is 0 Å². The summed E-state index contributed by atoms with van der Waals surface area (Å²) in [5.41, 5.74) is 7.40. The molecule has 13 heavy (non-hydrogen) atoms. The number of benzene rings is 1. The standard InChI is InChI=1S/C9H12BrClN2/c1-5(13-2)6-3-7(10)9(12)8(11)4-6/h3-5,13H,12H2,1-2H3. The zero-order valence-electron chi connectivity index (χ0n) is 7.57. The molecule has 0 spiro atoms. The van der Waals surface area contributed by atoms with Crippen molar-refractivity contribution >= 4 is 33.2 Å². The average molecular weight is 264 g/mol. The van der Waals surface area contributed by atoms with Crippen molar-refractivity contribution in [2.45, 2.75) is 13.0 Å². The third-order valence-electron chi connectivity index (χ3n) is 2.03. The van der Waals surface area contributed by atoms with Gasteiger partial charge in [-0.2, -0.15) is 0 Å². The fourth-order valence-corrected chi connectivity index (χ4v) is 1.84. The Morgan fingerprint density at radius 2 is 2.15 bits per heavy atom. The fraction of sp³-hybridized carbons (Fsp3) is 0.333. The van der Waals surface area contributed by atoms with Gasteiger partial charge in [-0.05, 0) is 47.6 Å². The molecule has 1 atom stereocenters. The summed E-state index contributed by atoms with van der Waals surface area (Å²) in [6, 6.07) is 4.12. The Balaban J connectivity index is 3.13. The molecule has 0 bridgehead atoms. The molecule has 0 fully saturated rings. The van der Waals surface area contributed by atoms with Gasteiger partial charge in [-0.1, -0.05) is 11.6 Å². The van der Waals surface area contributed by atoms with Gasteiger partial charge in [0.2, 0.25) is 0 Å². The maximum Gasteiger partial charge on any atom is 0.0650 e. The molecule has 3 N–H and O–H groups in total. The Labute approximate surface area is 91.6 Å². The second-order valence-corrected chi connectivity index (χ2v) is 4.17. The quantitative estimate of drug-likeness (QED) is 0.805. The molecule has 4 heteroatoms. The molecule has 0 aromatic heterocycles. The highest BCUT2D eigenvalue weighted by Gasteiger charge is 2.08. The molecule has 0 aliphatic rings. The molecule has 0 radical (unpaired) electrons. The molecule has 0 saturated heterocycles. The van der Waals surface area contributed by atoms with Gasteiger partial charge in [0.05, 0.1) is 10.7 Å². The second kappa shape index (κ2) is 4.31. The summed E-state index contributed by atoms with van der Waals surface area (Å²) in [4.78, 5) is 0. The van der Waals surface area contributed by atoms with E-state index in [0.717, 1.165) is 10.0 Å². The Morgan fingerprint density at radius 3 is 2.62 bits per heavy atom. The molecule has 2 nitrogen and oxygen atoms in total. The molecule has 0 heterocycles. The number of rotatable bonds is 2.